The van der Waals surface area contributed by atoms with Crippen molar-refractivity contribution in [2.45, 2.75) is 26.8 Å². The Labute approximate surface area is 174 Å². The van der Waals surface area contributed by atoms with Crippen molar-refractivity contribution in [3.8, 4) is 0 Å². The van der Waals surface area contributed by atoms with Gasteiger partial charge in [-0.1, -0.05) is 17.4 Å². The number of anilines is 1. The maximum Gasteiger partial charge on any atom is 0.278 e. The minimum absolute atomic E-state index is 0.0553. The van der Waals surface area contributed by atoms with Gasteiger partial charge in [-0.3, -0.25) is 19.3 Å². The van der Waals surface area contributed by atoms with Crippen molar-refractivity contribution in [1.82, 2.24) is 19.7 Å². The first-order chi connectivity index (χ1) is 14.0. The summed E-state index contributed by atoms with van der Waals surface area (Å²) in [5.74, 6) is -0.0553. The zero-order valence-corrected chi connectivity index (χ0v) is 18.0. The van der Waals surface area contributed by atoms with Gasteiger partial charge >= 0.3 is 0 Å². The summed E-state index contributed by atoms with van der Waals surface area (Å²) in [5, 5.41) is 5.08. The molecule has 0 N–H and O–H groups in total. The number of ether oxygens (including phenoxy) is 1. The fraction of sp³-hybridized carbons (Fsp3) is 0.476. The molecule has 0 aliphatic carbocycles. The molecule has 3 heterocycles. The molecule has 29 heavy (non-hydrogen) atoms. The second kappa shape index (κ2) is 8.61. The zero-order chi connectivity index (χ0) is 20.4. The van der Waals surface area contributed by atoms with Gasteiger partial charge in [0, 0.05) is 38.4 Å². The number of morpholine rings is 1. The van der Waals surface area contributed by atoms with Gasteiger partial charge in [-0.15, -0.1) is 0 Å². The first-order valence-corrected chi connectivity index (χ1v) is 10.9. The molecule has 1 saturated heterocycles. The van der Waals surface area contributed by atoms with E-state index in [1.165, 1.54) is 5.56 Å². The van der Waals surface area contributed by atoms with Gasteiger partial charge in [-0.2, -0.15) is 5.10 Å². The van der Waals surface area contributed by atoms with Crippen molar-refractivity contribution < 1.29 is 9.53 Å². The van der Waals surface area contributed by atoms with Crippen LogP contribution >= 0.6 is 11.3 Å². The molecule has 1 aliphatic rings. The van der Waals surface area contributed by atoms with E-state index in [9.17, 15) is 4.79 Å². The maximum absolute atomic E-state index is 13.5. The summed E-state index contributed by atoms with van der Waals surface area (Å²) >= 11 is 1.57. The number of hydrogen-bond acceptors (Lipinski definition) is 6. The highest BCUT2D eigenvalue weighted by molar-refractivity contribution is 7.22. The Bertz CT molecular complexity index is 990. The number of aromatic nitrogens is 3. The summed E-state index contributed by atoms with van der Waals surface area (Å²) in [6.45, 7) is 10.8. The Morgan fingerprint density at radius 3 is 2.83 bits per heavy atom. The van der Waals surface area contributed by atoms with Gasteiger partial charge in [-0.05, 0) is 44.5 Å². The standard InChI is InChI=1S/C21H27N5O2S/c1-15(2)26-18(6-7-22-26)20(27)25(9-8-24-10-12-28-13-11-24)21-23-17-5-4-16(3)14-19(17)29-21/h4-7,14-15H,8-13H2,1-3H3. The quantitative estimate of drug-likeness (QED) is 0.620. The maximum atomic E-state index is 13.5. The molecule has 1 aromatic carbocycles. The van der Waals surface area contributed by atoms with E-state index in [4.69, 9.17) is 9.72 Å². The van der Waals surface area contributed by atoms with Crippen LogP contribution in [0.15, 0.2) is 30.5 Å². The molecule has 0 unspecified atom stereocenters. The number of carbonyl (C=O) groups excluding carboxylic acids is 1. The largest absolute Gasteiger partial charge is 0.379 e. The molecule has 4 rings (SSSR count). The summed E-state index contributed by atoms with van der Waals surface area (Å²) in [7, 11) is 0. The lowest BCUT2D eigenvalue weighted by atomic mass is 10.2. The zero-order valence-electron chi connectivity index (χ0n) is 17.2. The Balaban J connectivity index is 1.65. The monoisotopic (exact) mass is 413 g/mol. The molecule has 1 aliphatic heterocycles. The molecular weight excluding hydrogens is 386 g/mol. The van der Waals surface area contributed by atoms with E-state index in [1.807, 2.05) is 24.8 Å². The summed E-state index contributed by atoms with van der Waals surface area (Å²) < 4.78 is 8.32. The fourth-order valence-corrected chi connectivity index (χ4v) is 4.61. The summed E-state index contributed by atoms with van der Waals surface area (Å²) in [4.78, 5) is 22.5. The minimum Gasteiger partial charge on any atom is -0.379 e. The van der Waals surface area contributed by atoms with Crippen LogP contribution in [0.3, 0.4) is 0 Å². The fourth-order valence-electron chi connectivity index (χ4n) is 3.52. The van der Waals surface area contributed by atoms with Crippen LogP contribution in [-0.2, 0) is 4.74 Å². The van der Waals surface area contributed by atoms with Crippen molar-refractivity contribution >= 4 is 32.6 Å². The van der Waals surface area contributed by atoms with Crippen LogP contribution in [0.5, 0.6) is 0 Å². The highest BCUT2D eigenvalue weighted by atomic mass is 32.1. The van der Waals surface area contributed by atoms with Crippen LogP contribution in [-0.4, -0.2) is 65.0 Å². The number of fused-ring (bicyclic) bond motifs is 1. The van der Waals surface area contributed by atoms with Crippen LogP contribution in [0.2, 0.25) is 0 Å². The van der Waals surface area contributed by atoms with Crippen molar-refractivity contribution in [2.75, 3.05) is 44.3 Å². The molecule has 154 valence electrons. The van der Waals surface area contributed by atoms with Gasteiger partial charge in [0.15, 0.2) is 5.13 Å². The van der Waals surface area contributed by atoms with Crippen LogP contribution in [0.25, 0.3) is 10.2 Å². The highest BCUT2D eigenvalue weighted by Gasteiger charge is 2.26. The van der Waals surface area contributed by atoms with E-state index in [0.717, 1.165) is 48.2 Å². The number of aryl methyl sites for hydroxylation is 1. The summed E-state index contributed by atoms with van der Waals surface area (Å²) in [6, 6.07) is 8.11. The van der Waals surface area contributed by atoms with Crippen molar-refractivity contribution in [3.63, 3.8) is 0 Å². The Morgan fingerprint density at radius 1 is 1.28 bits per heavy atom. The predicted molar refractivity (Wildman–Crippen MR) is 116 cm³/mol. The van der Waals surface area contributed by atoms with E-state index in [0.29, 0.717) is 12.2 Å². The predicted octanol–water partition coefficient (Wildman–Crippen LogP) is 3.36. The SMILES string of the molecule is Cc1ccc2nc(N(CCN3CCOCC3)C(=O)c3ccnn3C(C)C)sc2c1. The molecule has 0 atom stereocenters. The molecule has 0 radical (unpaired) electrons. The van der Waals surface area contributed by atoms with Gasteiger partial charge in [-0.25, -0.2) is 4.98 Å². The second-order valence-corrected chi connectivity index (χ2v) is 8.64. The van der Waals surface area contributed by atoms with Gasteiger partial charge in [0.25, 0.3) is 5.91 Å². The van der Waals surface area contributed by atoms with Crippen LogP contribution < -0.4 is 4.90 Å². The van der Waals surface area contributed by atoms with Gasteiger partial charge in [0.1, 0.15) is 5.69 Å². The molecule has 0 bridgehead atoms. The van der Waals surface area contributed by atoms with E-state index in [-0.39, 0.29) is 11.9 Å². The molecule has 8 heteroatoms. The second-order valence-electron chi connectivity index (χ2n) is 7.63. The van der Waals surface area contributed by atoms with Crippen LogP contribution in [0.1, 0.15) is 35.9 Å². The van der Waals surface area contributed by atoms with Crippen LogP contribution in [0, 0.1) is 6.92 Å². The van der Waals surface area contributed by atoms with Gasteiger partial charge in [0.05, 0.1) is 23.4 Å². The average molecular weight is 414 g/mol. The van der Waals surface area contributed by atoms with Crippen molar-refractivity contribution in [3.05, 3.63) is 41.7 Å². The summed E-state index contributed by atoms with van der Waals surface area (Å²) in [5.41, 5.74) is 2.71. The smallest absolute Gasteiger partial charge is 0.278 e. The average Bonchev–Trinajstić information content (AvgIpc) is 3.35. The van der Waals surface area contributed by atoms with Crippen molar-refractivity contribution in [1.29, 1.82) is 0 Å². The van der Waals surface area contributed by atoms with E-state index < -0.39 is 0 Å². The first kappa shape index (κ1) is 20.0. The van der Waals surface area contributed by atoms with E-state index in [2.05, 4.69) is 29.1 Å². The van der Waals surface area contributed by atoms with Gasteiger partial charge < -0.3 is 4.74 Å². The van der Waals surface area contributed by atoms with Crippen molar-refractivity contribution in [2.24, 2.45) is 0 Å². The molecule has 3 aromatic rings. The number of carbonyl (C=O) groups is 1. The topological polar surface area (TPSA) is 63.5 Å². The van der Waals surface area contributed by atoms with Gasteiger partial charge in [0.2, 0.25) is 0 Å². The number of amides is 1. The Hall–Kier alpha value is -2.29. The third-order valence-electron chi connectivity index (χ3n) is 5.13. The number of benzene rings is 1. The Morgan fingerprint density at radius 2 is 2.07 bits per heavy atom. The number of hydrogen-bond donors (Lipinski definition) is 0. The van der Waals surface area contributed by atoms with E-state index in [1.54, 1.807) is 28.3 Å². The molecule has 2 aromatic heterocycles. The minimum atomic E-state index is -0.0553. The Kier molecular flexibility index (Phi) is 5.94. The van der Waals surface area contributed by atoms with Crippen LogP contribution in [0.4, 0.5) is 5.13 Å². The normalized spacial score (nSPS) is 15.3. The summed E-state index contributed by atoms with van der Waals surface area (Å²) in [6.07, 6.45) is 1.69. The molecular formula is C21H27N5O2S. The number of nitrogens with zero attached hydrogens (tertiary/aromatic N) is 5. The molecule has 7 nitrogen and oxygen atoms in total. The highest BCUT2D eigenvalue weighted by Crippen LogP contribution is 2.30. The number of thiazole rings is 1. The first-order valence-electron chi connectivity index (χ1n) is 10.1. The third kappa shape index (κ3) is 4.34. The van der Waals surface area contributed by atoms with E-state index >= 15 is 0 Å². The third-order valence-corrected chi connectivity index (χ3v) is 6.17. The lowest BCUT2D eigenvalue weighted by Crippen LogP contribution is -2.43. The lowest BCUT2D eigenvalue weighted by Gasteiger charge is -2.29. The molecule has 0 spiro atoms. The molecule has 1 fully saturated rings. The lowest BCUT2D eigenvalue weighted by molar-refractivity contribution is 0.0391. The molecule has 0 saturated carbocycles. The molecule has 1 amide bonds. The number of rotatable bonds is 6.